The average Bonchev–Trinajstić information content (AvgIpc) is 2.63. The molecule has 1 aromatic heterocycles. The molecule has 1 unspecified atom stereocenters. The van der Waals surface area contributed by atoms with Crippen LogP contribution in [-0.2, 0) is 10.0 Å². The molecule has 1 fully saturated rings. The maximum atomic E-state index is 12.7. The summed E-state index contributed by atoms with van der Waals surface area (Å²) in [5, 5.41) is 5.23. The van der Waals surface area contributed by atoms with Gasteiger partial charge in [-0.1, -0.05) is 0 Å². The molecule has 1 amide bonds. The Morgan fingerprint density at radius 1 is 1.29 bits per heavy atom. The second-order valence-electron chi connectivity index (χ2n) is 5.57. The van der Waals surface area contributed by atoms with Crippen LogP contribution in [0, 0.1) is 13.8 Å². The molecule has 1 aromatic rings. The Hall–Kier alpha value is -1.38. The molecule has 0 aromatic carbocycles. The standard InChI is InChI=1S/C13H21N3O4S/c1-8-7-15(4)5-6-16(8)13(17)11-9(2)20-10(3)12(11)21(14,18)19/h8H,5-7H2,1-4H3,(H2,14,18,19). The van der Waals surface area contributed by atoms with Crippen LogP contribution in [-0.4, -0.2) is 56.8 Å². The number of sulfonamides is 1. The van der Waals surface area contributed by atoms with Crippen LogP contribution in [0.1, 0.15) is 28.8 Å². The minimum Gasteiger partial charge on any atom is -0.464 e. The first-order chi connectivity index (χ1) is 9.62. The molecule has 2 N–H and O–H groups in total. The number of nitrogens with two attached hydrogens (primary N) is 1. The smallest absolute Gasteiger partial charge is 0.259 e. The number of nitrogens with zero attached hydrogens (tertiary/aromatic N) is 2. The molecule has 1 saturated heterocycles. The quantitative estimate of drug-likeness (QED) is 0.848. The van der Waals surface area contributed by atoms with Gasteiger partial charge in [-0.3, -0.25) is 4.79 Å². The van der Waals surface area contributed by atoms with Crippen molar-refractivity contribution >= 4 is 15.9 Å². The van der Waals surface area contributed by atoms with Gasteiger partial charge in [0.15, 0.2) is 0 Å². The Balaban J connectivity index is 2.45. The van der Waals surface area contributed by atoms with E-state index in [1.54, 1.807) is 11.8 Å². The summed E-state index contributed by atoms with van der Waals surface area (Å²) < 4.78 is 28.8. The highest BCUT2D eigenvalue weighted by Crippen LogP contribution is 2.28. The number of piperazine rings is 1. The molecule has 2 rings (SSSR count). The van der Waals surface area contributed by atoms with Gasteiger partial charge in [-0.15, -0.1) is 0 Å². The number of amides is 1. The molecule has 2 heterocycles. The lowest BCUT2D eigenvalue weighted by Crippen LogP contribution is -2.53. The SMILES string of the molecule is Cc1oc(C)c(S(N)(=O)=O)c1C(=O)N1CCN(C)CC1C. The van der Waals surface area contributed by atoms with Crippen LogP contribution in [0.4, 0.5) is 0 Å². The molecule has 1 atom stereocenters. The Morgan fingerprint density at radius 2 is 1.90 bits per heavy atom. The molecule has 21 heavy (non-hydrogen) atoms. The van der Waals surface area contributed by atoms with Crippen molar-refractivity contribution in [3.63, 3.8) is 0 Å². The van der Waals surface area contributed by atoms with Crippen molar-refractivity contribution in [3.05, 3.63) is 17.1 Å². The summed E-state index contributed by atoms with van der Waals surface area (Å²) in [5.74, 6) is 0.0989. The lowest BCUT2D eigenvalue weighted by atomic mass is 10.1. The van der Waals surface area contributed by atoms with Crippen molar-refractivity contribution in [2.75, 3.05) is 26.7 Å². The van der Waals surface area contributed by atoms with Crippen molar-refractivity contribution in [1.82, 2.24) is 9.80 Å². The number of carbonyl (C=O) groups is 1. The summed E-state index contributed by atoms with van der Waals surface area (Å²) in [6.45, 7) is 7.05. The number of primary sulfonamides is 1. The molecule has 1 aliphatic rings. The molecule has 1 aliphatic heterocycles. The van der Waals surface area contributed by atoms with Gasteiger partial charge in [0.05, 0.1) is 0 Å². The number of furan rings is 1. The van der Waals surface area contributed by atoms with Gasteiger partial charge in [-0.25, -0.2) is 13.6 Å². The van der Waals surface area contributed by atoms with Crippen molar-refractivity contribution in [3.8, 4) is 0 Å². The predicted molar refractivity (Wildman–Crippen MR) is 77.6 cm³/mol. The van der Waals surface area contributed by atoms with E-state index in [4.69, 9.17) is 9.56 Å². The molecular formula is C13H21N3O4S. The summed E-state index contributed by atoms with van der Waals surface area (Å²) in [6, 6.07) is -0.000755. The fourth-order valence-electron chi connectivity index (χ4n) is 2.84. The molecule has 0 bridgehead atoms. The first-order valence-electron chi connectivity index (χ1n) is 6.75. The molecule has 0 saturated carbocycles. The minimum absolute atomic E-state index is 0.000755. The molecule has 118 valence electrons. The van der Waals surface area contributed by atoms with Crippen LogP contribution in [0.5, 0.6) is 0 Å². The zero-order valence-electron chi connectivity index (χ0n) is 12.7. The summed E-state index contributed by atoms with van der Waals surface area (Å²) >= 11 is 0. The summed E-state index contributed by atoms with van der Waals surface area (Å²) in [4.78, 5) is 16.3. The van der Waals surface area contributed by atoms with Gasteiger partial charge in [-0.2, -0.15) is 0 Å². The van der Waals surface area contributed by atoms with E-state index < -0.39 is 10.0 Å². The number of hydrogen-bond donors (Lipinski definition) is 1. The minimum atomic E-state index is -4.01. The van der Waals surface area contributed by atoms with Crippen LogP contribution in [0.2, 0.25) is 0 Å². The first kappa shape index (κ1) is 16.0. The van der Waals surface area contributed by atoms with Crippen LogP contribution in [0.3, 0.4) is 0 Å². The summed E-state index contributed by atoms with van der Waals surface area (Å²) in [6.07, 6.45) is 0. The largest absolute Gasteiger partial charge is 0.464 e. The molecule has 0 spiro atoms. The van der Waals surface area contributed by atoms with E-state index in [0.29, 0.717) is 6.54 Å². The van der Waals surface area contributed by atoms with E-state index in [1.807, 2.05) is 14.0 Å². The molecule has 7 nitrogen and oxygen atoms in total. The van der Waals surface area contributed by atoms with Crippen molar-refractivity contribution in [2.24, 2.45) is 5.14 Å². The molecule has 0 radical (unpaired) electrons. The van der Waals surface area contributed by atoms with Gasteiger partial charge < -0.3 is 14.2 Å². The van der Waals surface area contributed by atoms with E-state index >= 15 is 0 Å². The maximum Gasteiger partial charge on any atom is 0.259 e. The van der Waals surface area contributed by atoms with E-state index in [2.05, 4.69) is 4.90 Å². The van der Waals surface area contributed by atoms with Crippen molar-refractivity contribution in [2.45, 2.75) is 31.7 Å². The Bertz CT molecular complexity index is 665. The number of likely N-dealkylation sites (N-methyl/N-ethyl adjacent to an activating group) is 1. The lowest BCUT2D eigenvalue weighted by Gasteiger charge is -2.38. The van der Waals surface area contributed by atoms with Gasteiger partial charge >= 0.3 is 0 Å². The Kier molecular flexibility index (Phi) is 4.14. The summed E-state index contributed by atoms with van der Waals surface area (Å²) in [5.41, 5.74) is 0.0615. The lowest BCUT2D eigenvalue weighted by molar-refractivity contribution is 0.0528. The third-order valence-electron chi connectivity index (χ3n) is 3.79. The van der Waals surface area contributed by atoms with E-state index in [-0.39, 0.29) is 33.9 Å². The highest BCUT2D eigenvalue weighted by Gasteiger charge is 2.34. The van der Waals surface area contributed by atoms with E-state index in [9.17, 15) is 13.2 Å². The van der Waals surface area contributed by atoms with Crippen LogP contribution in [0.25, 0.3) is 0 Å². The van der Waals surface area contributed by atoms with Crippen LogP contribution < -0.4 is 5.14 Å². The number of carbonyl (C=O) groups excluding carboxylic acids is 1. The maximum absolute atomic E-state index is 12.7. The van der Waals surface area contributed by atoms with Gasteiger partial charge in [0.1, 0.15) is 22.0 Å². The van der Waals surface area contributed by atoms with Gasteiger partial charge in [0.2, 0.25) is 10.0 Å². The summed E-state index contributed by atoms with van der Waals surface area (Å²) in [7, 11) is -2.02. The zero-order valence-corrected chi connectivity index (χ0v) is 13.5. The Labute approximate surface area is 124 Å². The topological polar surface area (TPSA) is 96.8 Å². The third-order valence-corrected chi connectivity index (χ3v) is 4.86. The van der Waals surface area contributed by atoms with Crippen molar-refractivity contribution < 1.29 is 17.6 Å². The Morgan fingerprint density at radius 3 is 2.43 bits per heavy atom. The molecule has 8 heteroatoms. The second-order valence-corrected chi connectivity index (χ2v) is 7.07. The number of hydrogen-bond acceptors (Lipinski definition) is 5. The van der Waals surface area contributed by atoms with Gasteiger partial charge in [0, 0.05) is 25.7 Å². The average molecular weight is 315 g/mol. The fourth-order valence-corrected chi connectivity index (χ4v) is 3.80. The van der Waals surface area contributed by atoms with Crippen molar-refractivity contribution in [1.29, 1.82) is 0 Å². The zero-order chi connectivity index (χ0) is 15.9. The monoisotopic (exact) mass is 315 g/mol. The molecule has 0 aliphatic carbocycles. The van der Waals surface area contributed by atoms with Crippen LogP contribution in [0.15, 0.2) is 9.31 Å². The molecular weight excluding hydrogens is 294 g/mol. The fraction of sp³-hybridized carbons (Fsp3) is 0.615. The number of rotatable bonds is 2. The van der Waals surface area contributed by atoms with Crippen LogP contribution >= 0.6 is 0 Å². The van der Waals surface area contributed by atoms with Gasteiger partial charge in [-0.05, 0) is 27.8 Å². The second kappa shape index (κ2) is 5.43. The number of aryl methyl sites for hydroxylation is 2. The predicted octanol–water partition coefficient (Wildman–Crippen LogP) is 0.320. The highest BCUT2D eigenvalue weighted by molar-refractivity contribution is 7.89. The van der Waals surface area contributed by atoms with E-state index in [0.717, 1.165) is 13.1 Å². The third kappa shape index (κ3) is 2.97. The normalized spacial score (nSPS) is 20.8. The van der Waals surface area contributed by atoms with E-state index in [1.165, 1.54) is 6.92 Å². The first-order valence-corrected chi connectivity index (χ1v) is 8.30. The highest BCUT2D eigenvalue weighted by atomic mass is 32.2. The van der Waals surface area contributed by atoms with Gasteiger partial charge in [0.25, 0.3) is 5.91 Å².